The summed E-state index contributed by atoms with van der Waals surface area (Å²) in [7, 11) is 0. The maximum atomic E-state index is 11.9. The van der Waals surface area contributed by atoms with Gasteiger partial charge in [-0.25, -0.2) is 4.98 Å². The molecule has 0 saturated heterocycles. The minimum absolute atomic E-state index is 0.0650. The number of aromatic nitrogens is 1. The van der Waals surface area contributed by atoms with Gasteiger partial charge in [-0.3, -0.25) is 4.79 Å². The van der Waals surface area contributed by atoms with Gasteiger partial charge < -0.3 is 10.6 Å². The molecule has 0 radical (unpaired) electrons. The predicted octanol–water partition coefficient (Wildman–Crippen LogP) is 3.68. The molecule has 2 aromatic rings. The van der Waals surface area contributed by atoms with Crippen LogP contribution in [0.25, 0.3) is 0 Å². The molecule has 5 heteroatoms. The van der Waals surface area contributed by atoms with Crippen molar-refractivity contribution < 1.29 is 4.79 Å². The average molecular weight is 294 g/mol. The van der Waals surface area contributed by atoms with E-state index in [4.69, 9.17) is 5.26 Å². The summed E-state index contributed by atoms with van der Waals surface area (Å²) in [4.78, 5) is 16.2. The van der Waals surface area contributed by atoms with Gasteiger partial charge in [0.1, 0.15) is 11.9 Å². The fourth-order valence-electron chi connectivity index (χ4n) is 1.69. The van der Waals surface area contributed by atoms with Gasteiger partial charge in [0, 0.05) is 5.41 Å². The van der Waals surface area contributed by atoms with Crippen molar-refractivity contribution >= 4 is 23.1 Å². The Labute approximate surface area is 130 Å². The Morgan fingerprint density at radius 3 is 2.50 bits per heavy atom. The molecule has 2 N–H and O–H groups in total. The Hall–Kier alpha value is -2.87. The number of nitriles is 1. The second-order valence-electron chi connectivity index (χ2n) is 5.92. The largest absolute Gasteiger partial charge is 0.339 e. The van der Waals surface area contributed by atoms with Crippen LogP contribution in [-0.2, 0) is 4.79 Å². The Kier molecular flexibility index (Phi) is 4.42. The molecule has 0 fully saturated rings. The average Bonchev–Trinajstić information content (AvgIpc) is 2.49. The third-order valence-electron chi connectivity index (χ3n) is 3.01. The fraction of sp³-hybridized carbons (Fsp3) is 0.235. The summed E-state index contributed by atoms with van der Waals surface area (Å²) in [6, 6.07) is 12.9. The van der Waals surface area contributed by atoms with Gasteiger partial charge in [-0.15, -0.1) is 0 Å². The van der Waals surface area contributed by atoms with Crippen LogP contribution in [0.4, 0.5) is 17.2 Å². The van der Waals surface area contributed by atoms with Gasteiger partial charge in [0.15, 0.2) is 0 Å². The van der Waals surface area contributed by atoms with Gasteiger partial charge in [-0.2, -0.15) is 5.26 Å². The van der Waals surface area contributed by atoms with Crippen molar-refractivity contribution in [1.29, 1.82) is 5.26 Å². The lowest BCUT2D eigenvalue weighted by molar-refractivity contribution is -0.123. The van der Waals surface area contributed by atoms with Crippen LogP contribution in [-0.4, -0.2) is 10.9 Å². The highest BCUT2D eigenvalue weighted by Gasteiger charge is 2.21. The molecule has 0 aliphatic rings. The second-order valence-corrected chi connectivity index (χ2v) is 5.92. The van der Waals surface area contributed by atoms with Crippen molar-refractivity contribution in [2.24, 2.45) is 5.41 Å². The molecule has 1 aromatic heterocycles. The van der Waals surface area contributed by atoms with E-state index in [2.05, 4.69) is 21.7 Å². The number of carbonyl (C=O) groups excluding carboxylic acids is 1. The highest BCUT2D eigenvalue weighted by molar-refractivity contribution is 5.94. The van der Waals surface area contributed by atoms with E-state index in [-0.39, 0.29) is 5.91 Å². The van der Waals surface area contributed by atoms with Crippen LogP contribution >= 0.6 is 0 Å². The molecule has 0 unspecified atom stereocenters. The van der Waals surface area contributed by atoms with Crippen molar-refractivity contribution in [1.82, 2.24) is 4.98 Å². The van der Waals surface area contributed by atoms with Crippen LogP contribution in [0.2, 0.25) is 0 Å². The van der Waals surface area contributed by atoms with Crippen LogP contribution in [0.3, 0.4) is 0 Å². The molecule has 0 spiro atoms. The summed E-state index contributed by atoms with van der Waals surface area (Å²) in [5.74, 6) is 0.543. The Bertz CT molecular complexity index is 709. The Morgan fingerprint density at radius 2 is 1.91 bits per heavy atom. The molecule has 1 amide bonds. The van der Waals surface area contributed by atoms with Crippen LogP contribution in [0, 0.1) is 16.7 Å². The molecule has 0 aliphatic carbocycles. The summed E-state index contributed by atoms with van der Waals surface area (Å²) in [5, 5.41) is 15.0. The van der Waals surface area contributed by atoms with Crippen molar-refractivity contribution in [2.45, 2.75) is 20.8 Å². The number of anilines is 3. The number of para-hydroxylation sites is 1. The minimum Gasteiger partial charge on any atom is -0.339 e. The number of rotatable bonds is 3. The number of benzene rings is 1. The lowest BCUT2D eigenvalue weighted by Crippen LogP contribution is -2.27. The van der Waals surface area contributed by atoms with Gasteiger partial charge in [0.25, 0.3) is 0 Å². The van der Waals surface area contributed by atoms with Gasteiger partial charge >= 0.3 is 0 Å². The fourth-order valence-corrected chi connectivity index (χ4v) is 1.69. The maximum Gasteiger partial charge on any atom is 0.229 e. The van der Waals surface area contributed by atoms with Gasteiger partial charge in [-0.1, -0.05) is 32.9 Å². The first-order chi connectivity index (χ1) is 10.4. The highest BCUT2D eigenvalue weighted by Crippen LogP contribution is 2.21. The topological polar surface area (TPSA) is 77.8 Å². The first kappa shape index (κ1) is 15.5. The van der Waals surface area contributed by atoms with Gasteiger partial charge in [-0.05, 0) is 24.3 Å². The van der Waals surface area contributed by atoms with Crippen LogP contribution in [0.1, 0.15) is 26.3 Å². The zero-order valence-electron chi connectivity index (χ0n) is 12.8. The van der Waals surface area contributed by atoms with Crippen molar-refractivity contribution in [2.75, 3.05) is 10.6 Å². The summed E-state index contributed by atoms with van der Waals surface area (Å²) < 4.78 is 0. The molecule has 112 valence electrons. The van der Waals surface area contributed by atoms with Crippen LogP contribution in [0.15, 0.2) is 42.6 Å². The summed E-state index contributed by atoms with van der Waals surface area (Å²) in [6.45, 7) is 5.56. The lowest BCUT2D eigenvalue weighted by Gasteiger charge is -2.17. The number of hydrogen-bond donors (Lipinski definition) is 2. The number of nitrogens with one attached hydrogen (secondary N) is 2. The first-order valence-corrected chi connectivity index (χ1v) is 6.94. The molecule has 1 aromatic carbocycles. The highest BCUT2D eigenvalue weighted by atomic mass is 16.2. The maximum absolute atomic E-state index is 11.9. The summed E-state index contributed by atoms with van der Waals surface area (Å²) >= 11 is 0. The van der Waals surface area contributed by atoms with Crippen molar-refractivity contribution in [3.05, 3.63) is 48.2 Å². The van der Waals surface area contributed by atoms with E-state index >= 15 is 0 Å². The Morgan fingerprint density at radius 1 is 1.18 bits per heavy atom. The number of pyridine rings is 1. The van der Waals surface area contributed by atoms with E-state index in [1.165, 1.54) is 0 Å². The van der Waals surface area contributed by atoms with Crippen LogP contribution < -0.4 is 10.6 Å². The normalized spacial score (nSPS) is 10.6. The molecule has 1 heterocycles. The summed E-state index contributed by atoms with van der Waals surface area (Å²) in [5.41, 5.74) is 1.43. The minimum atomic E-state index is -0.456. The molecule has 0 bridgehead atoms. The number of carbonyl (C=O) groups is 1. The van der Waals surface area contributed by atoms with E-state index in [1.807, 2.05) is 39.0 Å². The van der Waals surface area contributed by atoms with E-state index in [1.54, 1.807) is 24.4 Å². The van der Waals surface area contributed by atoms with Gasteiger partial charge in [0.05, 0.1) is 23.1 Å². The third kappa shape index (κ3) is 3.83. The molecular weight excluding hydrogens is 276 g/mol. The van der Waals surface area contributed by atoms with E-state index in [9.17, 15) is 4.79 Å². The predicted molar refractivity (Wildman–Crippen MR) is 86.8 cm³/mol. The van der Waals surface area contributed by atoms with E-state index < -0.39 is 5.41 Å². The zero-order valence-corrected chi connectivity index (χ0v) is 12.8. The number of hydrogen-bond acceptors (Lipinski definition) is 4. The lowest BCUT2D eigenvalue weighted by atomic mass is 9.96. The first-order valence-electron chi connectivity index (χ1n) is 6.94. The van der Waals surface area contributed by atoms with Crippen LogP contribution in [0.5, 0.6) is 0 Å². The third-order valence-corrected chi connectivity index (χ3v) is 3.01. The van der Waals surface area contributed by atoms with E-state index in [0.717, 1.165) is 0 Å². The quantitative estimate of drug-likeness (QED) is 0.905. The Balaban J connectivity index is 2.10. The zero-order chi connectivity index (χ0) is 16.2. The standard InChI is InChI=1S/C17H18N4O/c1-17(2,3)16(22)20-13-8-9-15(19-11-13)21-14-7-5-4-6-12(14)10-18/h4-9,11H,1-3H3,(H,19,21)(H,20,22). The molecule has 22 heavy (non-hydrogen) atoms. The molecule has 0 saturated carbocycles. The smallest absolute Gasteiger partial charge is 0.229 e. The van der Waals surface area contributed by atoms with Crippen molar-refractivity contribution in [3.63, 3.8) is 0 Å². The number of nitrogens with zero attached hydrogens (tertiary/aromatic N) is 2. The summed E-state index contributed by atoms with van der Waals surface area (Å²) in [6.07, 6.45) is 1.58. The second kappa shape index (κ2) is 6.27. The molecular formula is C17H18N4O. The monoisotopic (exact) mass is 294 g/mol. The molecule has 0 aliphatic heterocycles. The molecule has 2 rings (SSSR count). The number of amides is 1. The SMILES string of the molecule is CC(C)(C)C(=O)Nc1ccc(Nc2ccccc2C#N)nc1. The van der Waals surface area contributed by atoms with Crippen molar-refractivity contribution in [3.8, 4) is 6.07 Å². The molecule has 0 atom stereocenters. The van der Waals surface area contributed by atoms with E-state index in [0.29, 0.717) is 22.8 Å². The van der Waals surface area contributed by atoms with Gasteiger partial charge in [0.2, 0.25) is 5.91 Å². The molecule has 5 nitrogen and oxygen atoms in total.